The number of nitrogens with one attached hydrogen (secondary N) is 1. The lowest BCUT2D eigenvalue weighted by Gasteiger charge is -2.19. The molecule has 1 aromatic carbocycles. The molecule has 6 heteroatoms. The van der Waals surface area contributed by atoms with Crippen LogP contribution in [0.3, 0.4) is 0 Å². The van der Waals surface area contributed by atoms with Crippen molar-refractivity contribution in [1.29, 1.82) is 0 Å². The van der Waals surface area contributed by atoms with Crippen LogP contribution in [0.25, 0.3) is 11.1 Å². The standard InChI is InChI=1S/C24H28N2O4/c1-24(2,3)30-23(27)25-10-12-29-14-13-28-11-6-7-18-15-21-20-9-5-4-8-19(20)16-22(21)26-17-18/h4-5,8-9,15,17H,10-14,16H2,1-3H3,(H,25,27). The molecule has 1 aliphatic rings. The van der Waals surface area contributed by atoms with Crippen molar-refractivity contribution in [1.82, 2.24) is 10.3 Å². The Morgan fingerprint density at radius 3 is 2.77 bits per heavy atom. The minimum atomic E-state index is -0.500. The molecule has 0 atom stereocenters. The highest BCUT2D eigenvalue weighted by atomic mass is 16.6. The van der Waals surface area contributed by atoms with Crippen molar-refractivity contribution in [3.63, 3.8) is 0 Å². The van der Waals surface area contributed by atoms with Gasteiger partial charge in [-0.25, -0.2) is 4.79 Å². The zero-order valence-electron chi connectivity index (χ0n) is 17.8. The van der Waals surface area contributed by atoms with Gasteiger partial charge in [0.05, 0.1) is 25.5 Å². The maximum atomic E-state index is 11.5. The summed E-state index contributed by atoms with van der Waals surface area (Å²) in [7, 11) is 0. The number of carbonyl (C=O) groups is 1. The van der Waals surface area contributed by atoms with E-state index in [9.17, 15) is 4.79 Å². The number of benzene rings is 1. The van der Waals surface area contributed by atoms with E-state index in [1.165, 1.54) is 16.7 Å². The van der Waals surface area contributed by atoms with Crippen molar-refractivity contribution in [3.05, 3.63) is 53.3 Å². The maximum absolute atomic E-state index is 11.5. The lowest BCUT2D eigenvalue weighted by Crippen LogP contribution is -2.34. The van der Waals surface area contributed by atoms with Crippen molar-refractivity contribution in [2.45, 2.75) is 32.8 Å². The number of amides is 1. The van der Waals surface area contributed by atoms with Gasteiger partial charge in [-0.1, -0.05) is 36.1 Å². The van der Waals surface area contributed by atoms with Gasteiger partial charge in [-0.3, -0.25) is 4.98 Å². The Morgan fingerprint density at radius 1 is 1.13 bits per heavy atom. The van der Waals surface area contributed by atoms with E-state index in [-0.39, 0.29) is 0 Å². The fourth-order valence-electron chi connectivity index (χ4n) is 3.07. The van der Waals surface area contributed by atoms with E-state index in [1.807, 2.05) is 27.0 Å². The topological polar surface area (TPSA) is 69.7 Å². The predicted octanol–water partition coefficient (Wildman–Crippen LogP) is 3.56. The molecule has 0 bridgehead atoms. The molecule has 0 saturated heterocycles. The van der Waals surface area contributed by atoms with Crippen LogP contribution in [0.15, 0.2) is 36.5 Å². The first-order valence-corrected chi connectivity index (χ1v) is 10.1. The van der Waals surface area contributed by atoms with Crippen LogP contribution in [-0.4, -0.2) is 49.7 Å². The second-order valence-corrected chi connectivity index (χ2v) is 7.95. The van der Waals surface area contributed by atoms with Crippen LogP contribution in [0.2, 0.25) is 0 Å². The molecule has 1 N–H and O–H groups in total. The molecule has 6 nitrogen and oxygen atoms in total. The summed E-state index contributed by atoms with van der Waals surface area (Å²) < 4.78 is 16.0. The number of alkyl carbamates (subject to hydrolysis) is 1. The van der Waals surface area contributed by atoms with Gasteiger partial charge in [0.2, 0.25) is 0 Å². The minimum Gasteiger partial charge on any atom is -0.444 e. The Balaban J connectivity index is 1.30. The summed E-state index contributed by atoms with van der Waals surface area (Å²) in [4.78, 5) is 16.0. The smallest absolute Gasteiger partial charge is 0.407 e. The number of nitrogens with zero attached hydrogens (tertiary/aromatic N) is 1. The van der Waals surface area contributed by atoms with Gasteiger partial charge in [-0.05, 0) is 38.0 Å². The maximum Gasteiger partial charge on any atom is 0.407 e. The molecule has 2 aromatic rings. The normalized spacial score (nSPS) is 11.8. The minimum absolute atomic E-state index is 0.327. The molecule has 158 valence electrons. The lowest BCUT2D eigenvalue weighted by atomic mass is 10.1. The van der Waals surface area contributed by atoms with Gasteiger partial charge in [0, 0.05) is 30.3 Å². The Labute approximate surface area is 177 Å². The van der Waals surface area contributed by atoms with Gasteiger partial charge in [0.25, 0.3) is 0 Å². The third kappa shape index (κ3) is 6.58. The number of rotatable bonds is 7. The first-order valence-electron chi connectivity index (χ1n) is 10.1. The van der Waals surface area contributed by atoms with Gasteiger partial charge in [-0.2, -0.15) is 0 Å². The summed E-state index contributed by atoms with van der Waals surface area (Å²) in [5.74, 6) is 6.12. The Morgan fingerprint density at radius 2 is 1.93 bits per heavy atom. The van der Waals surface area contributed by atoms with Crippen LogP contribution < -0.4 is 5.32 Å². The second-order valence-electron chi connectivity index (χ2n) is 7.95. The van der Waals surface area contributed by atoms with Crippen LogP contribution in [0.1, 0.15) is 37.6 Å². The van der Waals surface area contributed by atoms with Gasteiger partial charge in [-0.15, -0.1) is 0 Å². The Bertz CT molecular complexity index is 938. The first kappa shape index (κ1) is 21.8. The quantitative estimate of drug-likeness (QED) is 0.478. The molecule has 3 rings (SSSR count). The van der Waals surface area contributed by atoms with Crippen molar-refractivity contribution in [2.75, 3.05) is 33.0 Å². The molecule has 0 radical (unpaired) electrons. The summed E-state index contributed by atoms with van der Waals surface area (Å²) in [5.41, 5.74) is 5.23. The highest BCUT2D eigenvalue weighted by Gasteiger charge is 2.19. The summed E-state index contributed by atoms with van der Waals surface area (Å²) >= 11 is 0. The van der Waals surface area contributed by atoms with Crippen molar-refractivity contribution in [3.8, 4) is 23.0 Å². The van der Waals surface area contributed by atoms with Gasteiger partial charge in [0.1, 0.15) is 12.2 Å². The molecule has 0 aliphatic heterocycles. The van der Waals surface area contributed by atoms with Crippen LogP contribution in [0, 0.1) is 11.8 Å². The molecular weight excluding hydrogens is 380 g/mol. The molecular formula is C24H28N2O4. The van der Waals surface area contributed by atoms with E-state index in [0.29, 0.717) is 33.0 Å². The predicted molar refractivity (Wildman–Crippen MR) is 115 cm³/mol. The van der Waals surface area contributed by atoms with E-state index >= 15 is 0 Å². The SMILES string of the molecule is CC(C)(C)OC(=O)NCCOCCOCC#Cc1cnc2c(c1)-c1ccccc1C2. The third-order valence-electron chi connectivity index (χ3n) is 4.33. The molecule has 1 aliphatic carbocycles. The van der Waals surface area contributed by atoms with E-state index in [0.717, 1.165) is 17.7 Å². The van der Waals surface area contributed by atoms with Gasteiger partial charge < -0.3 is 19.5 Å². The van der Waals surface area contributed by atoms with Crippen LogP contribution >= 0.6 is 0 Å². The molecule has 0 spiro atoms. The zero-order chi connectivity index (χ0) is 21.4. The van der Waals surface area contributed by atoms with Gasteiger partial charge in [0.15, 0.2) is 0 Å². The van der Waals surface area contributed by atoms with E-state index in [2.05, 4.69) is 52.5 Å². The molecule has 1 amide bonds. The largest absolute Gasteiger partial charge is 0.444 e. The van der Waals surface area contributed by atoms with Gasteiger partial charge >= 0.3 is 6.09 Å². The van der Waals surface area contributed by atoms with E-state index in [4.69, 9.17) is 14.2 Å². The number of pyridine rings is 1. The molecule has 1 aromatic heterocycles. The average molecular weight is 408 g/mol. The highest BCUT2D eigenvalue weighted by Crippen LogP contribution is 2.35. The second kappa shape index (κ2) is 10.2. The average Bonchev–Trinajstić information content (AvgIpc) is 3.06. The van der Waals surface area contributed by atoms with Crippen molar-refractivity contribution >= 4 is 6.09 Å². The van der Waals surface area contributed by atoms with Crippen molar-refractivity contribution in [2.24, 2.45) is 0 Å². The van der Waals surface area contributed by atoms with E-state index in [1.54, 1.807) is 0 Å². The molecule has 1 heterocycles. The number of aromatic nitrogens is 1. The molecule has 30 heavy (non-hydrogen) atoms. The fraction of sp³-hybridized carbons (Fsp3) is 0.417. The summed E-state index contributed by atoms with van der Waals surface area (Å²) in [6, 6.07) is 10.5. The first-order chi connectivity index (χ1) is 14.4. The third-order valence-corrected chi connectivity index (χ3v) is 4.33. The van der Waals surface area contributed by atoms with Crippen LogP contribution in [0.4, 0.5) is 4.79 Å². The van der Waals surface area contributed by atoms with E-state index < -0.39 is 11.7 Å². The Kier molecular flexibility index (Phi) is 7.45. The van der Waals surface area contributed by atoms with Crippen LogP contribution in [0.5, 0.6) is 0 Å². The number of carbonyl (C=O) groups excluding carboxylic acids is 1. The molecule has 0 fully saturated rings. The lowest BCUT2D eigenvalue weighted by molar-refractivity contribution is 0.0443. The number of ether oxygens (including phenoxy) is 3. The Hall–Kier alpha value is -2.88. The number of hydrogen-bond acceptors (Lipinski definition) is 5. The number of hydrogen-bond donors (Lipinski definition) is 1. The monoisotopic (exact) mass is 408 g/mol. The fourth-order valence-corrected chi connectivity index (χ4v) is 3.07. The summed E-state index contributed by atoms with van der Waals surface area (Å²) in [5, 5.41) is 2.64. The molecule has 0 saturated carbocycles. The molecule has 0 unspecified atom stereocenters. The van der Waals surface area contributed by atoms with Crippen LogP contribution in [-0.2, 0) is 20.6 Å². The van der Waals surface area contributed by atoms with Crippen molar-refractivity contribution < 1.29 is 19.0 Å². The summed E-state index contributed by atoms with van der Waals surface area (Å²) in [6.45, 7) is 7.47. The zero-order valence-corrected chi connectivity index (χ0v) is 17.8. The highest BCUT2D eigenvalue weighted by molar-refractivity contribution is 5.76. The summed E-state index contributed by atoms with van der Waals surface area (Å²) in [6.07, 6.45) is 2.26. The number of fused-ring (bicyclic) bond motifs is 3.